The fourth-order valence-corrected chi connectivity index (χ4v) is 2.17. The minimum atomic E-state index is -0.952. The maximum Gasteiger partial charge on any atom is 0.294 e. The normalized spacial score (nSPS) is 13.0. The maximum atomic E-state index is 12.7. The quantitative estimate of drug-likeness (QED) is 0.701. The number of para-hydroxylation sites is 1. The largest absolute Gasteiger partial charge is 0.483 e. The third kappa shape index (κ3) is 3.95. The number of Topliss-reactive ketones (excluding diaryl/α,β-unsaturated/α-hetero) is 1. The molecule has 0 fully saturated rings. The van der Waals surface area contributed by atoms with Gasteiger partial charge in [-0.05, 0) is 18.6 Å². The molecule has 0 heterocycles. The molecule has 0 aliphatic rings. The second-order valence-corrected chi connectivity index (χ2v) is 4.75. The number of carbonyl (C=O) groups is 2. The number of hydrogen-bond acceptors (Lipinski definition) is 4. The van der Waals surface area contributed by atoms with Crippen LogP contribution in [0.2, 0.25) is 0 Å². The number of benzene rings is 2. The molecular weight excluding hydrogens is 280 g/mol. The highest BCUT2D eigenvalue weighted by Crippen LogP contribution is 2.23. The number of carbonyl (C=O) groups excluding carboxylic acids is 2. The molecule has 114 valence electrons. The fraction of sp³-hybridized carbons (Fsp3) is 0.222. The van der Waals surface area contributed by atoms with Crippen molar-refractivity contribution in [2.75, 3.05) is 0 Å². The van der Waals surface area contributed by atoms with E-state index in [9.17, 15) is 9.59 Å². The Hall–Kier alpha value is -2.62. The van der Waals surface area contributed by atoms with Crippen molar-refractivity contribution in [3.8, 4) is 5.75 Å². The summed E-state index contributed by atoms with van der Waals surface area (Å²) in [6.07, 6.45) is -1.14. The summed E-state index contributed by atoms with van der Waals surface area (Å²) in [4.78, 5) is 23.4. The van der Waals surface area contributed by atoms with Crippen LogP contribution in [-0.4, -0.2) is 18.4 Å². The van der Waals surface area contributed by atoms with Crippen LogP contribution in [0, 0.1) is 0 Å². The van der Waals surface area contributed by atoms with Crippen LogP contribution in [0.4, 0.5) is 0 Å². The maximum absolute atomic E-state index is 12.7. The van der Waals surface area contributed by atoms with Crippen LogP contribution in [0.1, 0.15) is 25.0 Å². The summed E-state index contributed by atoms with van der Waals surface area (Å²) in [5.74, 6) is 0.338. The van der Waals surface area contributed by atoms with E-state index in [-0.39, 0.29) is 5.78 Å². The third-order valence-electron chi connectivity index (χ3n) is 3.26. The van der Waals surface area contributed by atoms with Crippen molar-refractivity contribution in [3.05, 3.63) is 66.2 Å². The van der Waals surface area contributed by atoms with Gasteiger partial charge < -0.3 is 9.47 Å². The first-order valence-electron chi connectivity index (χ1n) is 7.15. The SMILES string of the molecule is CCC(Oc1ccccc1)C(=O)C(OC=O)c1ccccc1. The van der Waals surface area contributed by atoms with Gasteiger partial charge in [0.25, 0.3) is 6.47 Å². The van der Waals surface area contributed by atoms with Gasteiger partial charge in [0.2, 0.25) is 5.78 Å². The molecule has 0 bridgehead atoms. The van der Waals surface area contributed by atoms with Crippen LogP contribution >= 0.6 is 0 Å². The molecule has 4 heteroatoms. The molecule has 0 N–H and O–H groups in total. The molecule has 0 saturated carbocycles. The Bertz CT molecular complexity index is 595. The van der Waals surface area contributed by atoms with E-state index in [4.69, 9.17) is 9.47 Å². The van der Waals surface area contributed by atoms with Crippen molar-refractivity contribution in [2.45, 2.75) is 25.6 Å². The zero-order chi connectivity index (χ0) is 15.8. The highest BCUT2D eigenvalue weighted by molar-refractivity contribution is 5.89. The molecule has 0 aliphatic carbocycles. The van der Waals surface area contributed by atoms with E-state index >= 15 is 0 Å². The topological polar surface area (TPSA) is 52.6 Å². The molecule has 0 spiro atoms. The van der Waals surface area contributed by atoms with Crippen molar-refractivity contribution in [2.24, 2.45) is 0 Å². The highest BCUT2D eigenvalue weighted by atomic mass is 16.5. The molecule has 0 aromatic heterocycles. The lowest BCUT2D eigenvalue weighted by molar-refractivity contribution is -0.148. The molecule has 2 unspecified atom stereocenters. The first kappa shape index (κ1) is 15.8. The van der Waals surface area contributed by atoms with Gasteiger partial charge in [0, 0.05) is 5.56 Å². The average Bonchev–Trinajstić information content (AvgIpc) is 2.58. The van der Waals surface area contributed by atoms with E-state index in [2.05, 4.69) is 0 Å². The Morgan fingerprint density at radius 1 is 1.05 bits per heavy atom. The fourth-order valence-electron chi connectivity index (χ4n) is 2.17. The zero-order valence-electron chi connectivity index (χ0n) is 12.3. The van der Waals surface area contributed by atoms with Gasteiger partial charge >= 0.3 is 0 Å². The van der Waals surface area contributed by atoms with Gasteiger partial charge in [-0.3, -0.25) is 9.59 Å². The van der Waals surface area contributed by atoms with Gasteiger partial charge in [-0.25, -0.2) is 0 Å². The van der Waals surface area contributed by atoms with Gasteiger partial charge in [0.1, 0.15) is 5.75 Å². The van der Waals surface area contributed by atoms with Crippen LogP contribution in [-0.2, 0) is 14.3 Å². The van der Waals surface area contributed by atoms with Crippen molar-refractivity contribution >= 4 is 12.3 Å². The first-order valence-corrected chi connectivity index (χ1v) is 7.15. The summed E-state index contributed by atoms with van der Waals surface area (Å²) < 4.78 is 10.7. The van der Waals surface area contributed by atoms with Crippen LogP contribution in [0.3, 0.4) is 0 Å². The Morgan fingerprint density at radius 3 is 2.18 bits per heavy atom. The lowest BCUT2D eigenvalue weighted by Gasteiger charge is -2.21. The monoisotopic (exact) mass is 298 g/mol. The molecule has 22 heavy (non-hydrogen) atoms. The predicted octanol–water partition coefficient (Wildman–Crippen LogP) is 3.33. The second-order valence-electron chi connectivity index (χ2n) is 4.75. The summed E-state index contributed by atoms with van der Waals surface area (Å²) in [5, 5.41) is 0. The minimum absolute atomic E-state index is 0.273. The van der Waals surface area contributed by atoms with E-state index in [1.54, 1.807) is 36.4 Å². The van der Waals surface area contributed by atoms with Crippen molar-refractivity contribution in [3.63, 3.8) is 0 Å². The Kier molecular flexibility index (Phi) is 5.72. The Morgan fingerprint density at radius 2 is 1.64 bits per heavy atom. The molecule has 0 amide bonds. The van der Waals surface area contributed by atoms with E-state index in [0.29, 0.717) is 24.2 Å². The molecule has 2 aromatic rings. The summed E-state index contributed by atoms with van der Waals surface area (Å²) in [6.45, 7) is 2.15. The smallest absolute Gasteiger partial charge is 0.294 e. The lowest BCUT2D eigenvalue weighted by Crippen LogP contribution is -2.32. The van der Waals surface area contributed by atoms with E-state index in [0.717, 1.165) is 0 Å². The molecule has 2 rings (SSSR count). The molecule has 4 nitrogen and oxygen atoms in total. The minimum Gasteiger partial charge on any atom is -0.483 e. The molecular formula is C18H18O4. The Balaban J connectivity index is 2.19. The van der Waals surface area contributed by atoms with Gasteiger partial charge in [-0.1, -0.05) is 55.5 Å². The summed E-state index contributed by atoms with van der Waals surface area (Å²) in [5.41, 5.74) is 0.634. The summed E-state index contributed by atoms with van der Waals surface area (Å²) >= 11 is 0. The van der Waals surface area contributed by atoms with Crippen molar-refractivity contribution in [1.82, 2.24) is 0 Å². The Labute approximate surface area is 129 Å². The zero-order valence-corrected chi connectivity index (χ0v) is 12.3. The standard InChI is InChI=1S/C18H18O4/c1-2-16(22-15-11-7-4-8-12-15)17(20)18(21-13-19)14-9-5-3-6-10-14/h3-13,16,18H,2H2,1H3. The van der Waals surface area contributed by atoms with Crippen LogP contribution in [0.25, 0.3) is 0 Å². The average molecular weight is 298 g/mol. The van der Waals surface area contributed by atoms with Crippen LogP contribution in [0.15, 0.2) is 60.7 Å². The first-order chi connectivity index (χ1) is 10.8. The van der Waals surface area contributed by atoms with Gasteiger partial charge in [-0.2, -0.15) is 0 Å². The molecule has 0 aliphatic heterocycles. The molecule has 0 radical (unpaired) electrons. The molecule has 0 saturated heterocycles. The number of rotatable bonds is 8. The van der Waals surface area contributed by atoms with Crippen molar-refractivity contribution < 1.29 is 19.1 Å². The third-order valence-corrected chi connectivity index (χ3v) is 3.26. The summed E-state index contributed by atoms with van der Waals surface area (Å²) in [6, 6.07) is 18.0. The van der Waals surface area contributed by atoms with Crippen LogP contribution < -0.4 is 4.74 Å². The predicted molar refractivity (Wildman–Crippen MR) is 82.5 cm³/mol. The highest BCUT2D eigenvalue weighted by Gasteiger charge is 2.30. The molecule has 2 atom stereocenters. The van der Waals surface area contributed by atoms with E-state index < -0.39 is 12.2 Å². The van der Waals surface area contributed by atoms with Crippen LogP contribution in [0.5, 0.6) is 5.75 Å². The summed E-state index contributed by atoms with van der Waals surface area (Å²) in [7, 11) is 0. The van der Waals surface area contributed by atoms with Gasteiger partial charge in [-0.15, -0.1) is 0 Å². The van der Waals surface area contributed by atoms with Gasteiger partial charge in [0.15, 0.2) is 12.2 Å². The second kappa shape index (κ2) is 7.98. The van der Waals surface area contributed by atoms with E-state index in [1.807, 2.05) is 31.2 Å². The van der Waals surface area contributed by atoms with Gasteiger partial charge in [0.05, 0.1) is 0 Å². The lowest BCUT2D eigenvalue weighted by atomic mass is 10.0. The molecule has 2 aromatic carbocycles. The number of ketones is 1. The van der Waals surface area contributed by atoms with E-state index in [1.165, 1.54) is 0 Å². The number of hydrogen-bond donors (Lipinski definition) is 0. The number of ether oxygens (including phenoxy) is 2. The van der Waals surface area contributed by atoms with Crippen molar-refractivity contribution in [1.29, 1.82) is 0 Å².